The molecule has 0 saturated carbocycles. The monoisotopic (exact) mass is 456 g/mol. The normalized spacial score (nSPS) is 18.2. The predicted octanol–water partition coefficient (Wildman–Crippen LogP) is 2.20. The topological polar surface area (TPSA) is 105 Å². The van der Waals surface area contributed by atoms with Gasteiger partial charge in [0.05, 0.1) is 11.6 Å². The van der Waals surface area contributed by atoms with E-state index in [0.717, 1.165) is 16.5 Å². The number of nitrogens with zero attached hydrogens (tertiary/aromatic N) is 3. The number of fused-ring (bicyclic) bond motifs is 1. The molecule has 1 fully saturated rings. The van der Waals surface area contributed by atoms with Gasteiger partial charge in [-0.25, -0.2) is 8.42 Å². The van der Waals surface area contributed by atoms with Crippen LogP contribution < -0.4 is 5.32 Å². The maximum absolute atomic E-state index is 13.2. The van der Waals surface area contributed by atoms with Crippen molar-refractivity contribution >= 4 is 26.8 Å². The number of aromatic nitrogens is 2. The number of hydrogen-bond donors (Lipinski definition) is 2. The van der Waals surface area contributed by atoms with Crippen LogP contribution in [0, 0.1) is 12.8 Å². The second-order valence-corrected chi connectivity index (χ2v) is 10.3. The summed E-state index contributed by atoms with van der Waals surface area (Å²) in [4.78, 5) is 17.4. The fraction of sp³-hybridized carbons (Fsp3) is 0.391. The number of benzene rings is 1. The van der Waals surface area contributed by atoms with Gasteiger partial charge >= 0.3 is 0 Å². The number of aliphatic hydroxyl groups is 1. The average Bonchev–Trinajstić information content (AvgIpc) is 3.39. The Bertz CT molecular complexity index is 1260. The van der Waals surface area contributed by atoms with E-state index in [-0.39, 0.29) is 29.0 Å². The molecule has 170 valence electrons. The van der Waals surface area contributed by atoms with Gasteiger partial charge in [-0.2, -0.15) is 4.31 Å². The van der Waals surface area contributed by atoms with Gasteiger partial charge in [-0.3, -0.25) is 9.78 Å². The lowest BCUT2D eigenvalue weighted by Crippen LogP contribution is -2.30. The number of pyridine rings is 1. The SMILES string of the molecule is Cc1c(S(=O)(=O)N2CC[C@@H]([C@@H](C)O)C2)cc(C(=O)NCc2cccc3ncccc23)n1C. The first-order valence-corrected chi connectivity index (χ1v) is 12.1. The summed E-state index contributed by atoms with van der Waals surface area (Å²) in [6, 6.07) is 11.0. The van der Waals surface area contributed by atoms with Crippen LogP contribution >= 0.6 is 0 Å². The van der Waals surface area contributed by atoms with E-state index < -0.39 is 16.1 Å². The lowest BCUT2D eigenvalue weighted by molar-refractivity contribution is 0.0942. The highest BCUT2D eigenvalue weighted by Gasteiger charge is 2.36. The van der Waals surface area contributed by atoms with Gasteiger partial charge < -0.3 is 15.0 Å². The van der Waals surface area contributed by atoms with E-state index in [9.17, 15) is 18.3 Å². The number of amides is 1. The molecule has 1 aliphatic heterocycles. The molecule has 8 nitrogen and oxygen atoms in total. The number of carbonyl (C=O) groups excluding carboxylic acids is 1. The highest BCUT2D eigenvalue weighted by molar-refractivity contribution is 7.89. The van der Waals surface area contributed by atoms with Crippen molar-refractivity contribution in [3.63, 3.8) is 0 Å². The van der Waals surface area contributed by atoms with Crippen molar-refractivity contribution in [2.45, 2.75) is 37.8 Å². The summed E-state index contributed by atoms with van der Waals surface area (Å²) < 4.78 is 29.5. The summed E-state index contributed by atoms with van der Waals surface area (Å²) in [5, 5.41) is 13.7. The Labute approximate surface area is 187 Å². The van der Waals surface area contributed by atoms with Gasteiger partial charge in [-0.15, -0.1) is 0 Å². The number of rotatable bonds is 6. The largest absolute Gasteiger partial charge is 0.393 e. The van der Waals surface area contributed by atoms with Crippen LogP contribution in [0.5, 0.6) is 0 Å². The molecule has 1 aromatic carbocycles. The van der Waals surface area contributed by atoms with Crippen LogP contribution in [0.2, 0.25) is 0 Å². The summed E-state index contributed by atoms with van der Waals surface area (Å²) in [6.45, 7) is 4.33. The van der Waals surface area contributed by atoms with Gasteiger partial charge in [0.15, 0.2) is 0 Å². The van der Waals surface area contributed by atoms with Crippen LogP contribution in [0.3, 0.4) is 0 Å². The number of carbonyl (C=O) groups is 1. The minimum absolute atomic E-state index is 0.0771. The van der Waals surface area contributed by atoms with Crippen molar-refractivity contribution in [3.05, 3.63) is 59.5 Å². The van der Waals surface area contributed by atoms with Crippen molar-refractivity contribution in [2.24, 2.45) is 13.0 Å². The highest BCUT2D eigenvalue weighted by Crippen LogP contribution is 2.29. The molecule has 3 aromatic rings. The molecule has 0 radical (unpaired) electrons. The smallest absolute Gasteiger partial charge is 0.268 e. The average molecular weight is 457 g/mol. The fourth-order valence-corrected chi connectivity index (χ4v) is 6.03. The van der Waals surface area contributed by atoms with Gasteiger partial charge in [-0.1, -0.05) is 18.2 Å². The third-order valence-corrected chi connectivity index (χ3v) is 8.36. The lowest BCUT2D eigenvalue weighted by Gasteiger charge is -2.17. The molecule has 1 amide bonds. The zero-order valence-electron chi connectivity index (χ0n) is 18.4. The fourth-order valence-electron chi connectivity index (χ4n) is 4.24. The van der Waals surface area contributed by atoms with Crippen molar-refractivity contribution < 1.29 is 18.3 Å². The van der Waals surface area contributed by atoms with Crippen LogP contribution in [0.15, 0.2) is 47.5 Å². The lowest BCUT2D eigenvalue weighted by atomic mass is 10.0. The first-order chi connectivity index (χ1) is 15.2. The second kappa shape index (κ2) is 8.65. The third kappa shape index (κ3) is 4.03. The van der Waals surface area contributed by atoms with Crippen LogP contribution in [0.1, 0.15) is 35.1 Å². The molecule has 3 heterocycles. The molecule has 1 saturated heterocycles. The highest BCUT2D eigenvalue weighted by atomic mass is 32.2. The zero-order valence-corrected chi connectivity index (χ0v) is 19.3. The summed E-state index contributed by atoms with van der Waals surface area (Å²) in [7, 11) is -2.07. The van der Waals surface area contributed by atoms with Gasteiger partial charge in [0.1, 0.15) is 10.6 Å². The Hall–Kier alpha value is -2.75. The summed E-state index contributed by atoms with van der Waals surface area (Å²) >= 11 is 0. The minimum Gasteiger partial charge on any atom is -0.393 e. The molecular weight excluding hydrogens is 428 g/mol. The van der Waals surface area contributed by atoms with Crippen LogP contribution in [0.25, 0.3) is 10.9 Å². The molecule has 0 unspecified atom stereocenters. The molecule has 0 aliphatic carbocycles. The molecule has 32 heavy (non-hydrogen) atoms. The van der Waals surface area contributed by atoms with Crippen molar-refractivity contribution in [1.29, 1.82) is 0 Å². The van der Waals surface area contributed by atoms with E-state index in [1.165, 1.54) is 10.4 Å². The van der Waals surface area contributed by atoms with Crippen LogP contribution in [0.4, 0.5) is 0 Å². The number of aliphatic hydroxyl groups excluding tert-OH is 1. The summed E-state index contributed by atoms with van der Waals surface area (Å²) in [5.41, 5.74) is 2.57. The van der Waals surface area contributed by atoms with Crippen LogP contribution in [-0.4, -0.2) is 52.5 Å². The van der Waals surface area contributed by atoms with E-state index >= 15 is 0 Å². The summed E-state index contributed by atoms with van der Waals surface area (Å²) in [5.74, 6) is -0.423. The molecule has 1 aliphatic rings. The van der Waals surface area contributed by atoms with E-state index in [0.29, 0.717) is 25.2 Å². The Morgan fingerprint density at radius 1 is 1.31 bits per heavy atom. The zero-order chi connectivity index (χ0) is 23.0. The Balaban J connectivity index is 1.55. The predicted molar refractivity (Wildman–Crippen MR) is 122 cm³/mol. The Kier molecular flexibility index (Phi) is 6.07. The molecule has 2 aromatic heterocycles. The Morgan fingerprint density at radius 3 is 2.81 bits per heavy atom. The number of hydrogen-bond acceptors (Lipinski definition) is 5. The molecule has 2 N–H and O–H groups in total. The second-order valence-electron chi connectivity index (χ2n) is 8.36. The van der Waals surface area contributed by atoms with E-state index in [1.807, 2.05) is 30.3 Å². The third-order valence-electron chi connectivity index (χ3n) is 6.38. The standard InChI is InChI=1S/C23H28N4O4S/c1-15-22(32(30,31)27-11-9-18(14-27)16(2)28)12-21(26(15)3)23(29)25-13-17-6-4-8-20-19(17)7-5-10-24-20/h4-8,10,12,16,18,28H,9,11,13-14H2,1-3H3,(H,25,29)/t16-,18-/m1/s1. The van der Waals surface area contributed by atoms with Crippen molar-refractivity contribution in [1.82, 2.24) is 19.2 Å². The van der Waals surface area contributed by atoms with Gasteiger partial charge in [0, 0.05) is 44.0 Å². The van der Waals surface area contributed by atoms with Gasteiger partial charge in [-0.05, 0) is 49.9 Å². The molecule has 9 heteroatoms. The molecule has 4 rings (SSSR count). The number of nitrogens with one attached hydrogen (secondary N) is 1. The molecule has 0 spiro atoms. The maximum Gasteiger partial charge on any atom is 0.268 e. The van der Waals surface area contributed by atoms with Gasteiger partial charge in [0.25, 0.3) is 5.91 Å². The molecule has 2 atom stereocenters. The maximum atomic E-state index is 13.2. The quantitative estimate of drug-likeness (QED) is 0.592. The molecular formula is C23H28N4O4S. The molecule has 0 bridgehead atoms. The Morgan fingerprint density at radius 2 is 2.09 bits per heavy atom. The van der Waals surface area contributed by atoms with Crippen LogP contribution in [-0.2, 0) is 23.6 Å². The first kappa shape index (κ1) is 22.4. The first-order valence-electron chi connectivity index (χ1n) is 10.7. The van der Waals surface area contributed by atoms with E-state index in [4.69, 9.17) is 0 Å². The van der Waals surface area contributed by atoms with Crippen molar-refractivity contribution in [3.8, 4) is 0 Å². The van der Waals surface area contributed by atoms with E-state index in [2.05, 4.69) is 10.3 Å². The summed E-state index contributed by atoms with van der Waals surface area (Å²) in [6.07, 6.45) is 1.79. The van der Waals surface area contributed by atoms with Crippen molar-refractivity contribution in [2.75, 3.05) is 13.1 Å². The minimum atomic E-state index is -3.75. The van der Waals surface area contributed by atoms with E-state index in [1.54, 1.807) is 31.7 Å². The number of sulfonamides is 1. The van der Waals surface area contributed by atoms with Gasteiger partial charge in [0.2, 0.25) is 10.0 Å².